The number of pyridine rings is 1. The number of nitro benzene ring substituents is 1. The van der Waals surface area contributed by atoms with Crippen molar-refractivity contribution in [2.24, 2.45) is 0 Å². The normalized spacial score (nSPS) is 10.5. The third-order valence-electron chi connectivity index (χ3n) is 3.61. The van der Waals surface area contributed by atoms with Gasteiger partial charge < -0.3 is 15.4 Å². The van der Waals surface area contributed by atoms with Crippen LogP contribution in [-0.2, 0) is 0 Å². The number of hydrogen-bond donors (Lipinski definition) is 2. The summed E-state index contributed by atoms with van der Waals surface area (Å²) in [5.74, 6) is 1.06. The molecule has 138 valence electrons. The molecule has 0 saturated heterocycles. The standard InChI is InChI=1S/C12H19N3S.C6H3NO3/c1-2-3-4-5-8-14-12(16)15-11-6-9-13-10-7-11;8-7(9)5-2-1-4-3-6(5)10-4/h6-7,9-10H,2-5,8H2,1H3,(H2,13,14,15,16);1-3H. The minimum Gasteiger partial charge on any atom is -0.450 e. The van der Waals surface area contributed by atoms with Crippen LogP contribution < -0.4 is 15.4 Å². The molecule has 1 aromatic carbocycles. The number of aromatic nitrogens is 1. The Kier molecular flexibility index (Phi) is 7.75. The first-order chi connectivity index (χ1) is 12.6. The fourth-order valence-electron chi connectivity index (χ4n) is 2.22. The van der Waals surface area contributed by atoms with Crippen LogP contribution in [0, 0.1) is 10.1 Å². The molecule has 2 N–H and O–H groups in total. The van der Waals surface area contributed by atoms with Crippen molar-refractivity contribution in [3.05, 3.63) is 52.8 Å². The van der Waals surface area contributed by atoms with Crippen LogP contribution in [0.1, 0.15) is 32.6 Å². The zero-order chi connectivity index (χ0) is 18.8. The average Bonchev–Trinajstić information content (AvgIpc) is 2.62. The zero-order valence-corrected chi connectivity index (χ0v) is 15.4. The van der Waals surface area contributed by atoms with Gasteiger partial charge in [0.05, 0.1) is 4.92 Å². The number of ether oxygens (including phenoxy) is 1. The first kappa shape index (κ1) is 19.6. The predicted octanol–water partition coefficient (Wildman–Crippen LogP) is 4.65. The van der Waals surface area contributed by atoms with Gasteiger partial charge in [-0.25, -0.2) is 0 Å². The topological polar surface area (TPSA) is 89.3 Å². The summed E-state index contributed by atoms with van der Waals surface area (Å²) in [4.78, 5) is 13.7. The zero-order valence-electron chi connectivity index (χ0n) is 14.6. The van der Waals surface area contributed by atoms with Gasteiger partial charge in [0.2, 0.25) is 5.75 Å². The number of benzene rings is 1. The summed E-state index contributed by atoms with van der Waals surface area (Å²) >= 11 is 5.17. The Morgan fingerprint density at radius 2 is 1.96 bits per heavy atom. The van der Waals surface area contributed by atoms with Crippen molar-refractivity contribution >= 4 is 28.7 Å². The molecule has 1 aromatic heterocycles. The molecule has 0 spiro atoms. The van der Waals surface area contributed by atoms with Crippen LogP contribution in [0.4, 0.5) is 11.4 Å². The van der Waals surface area contributed by atoms with Crippen LogP contribution in [0.25, 0.3) is 0 Å². The molecule has 0 amide bonds. The van der Waals surface area contributed by atoms with Gasteiger partial charge >= 0.3 is 5.69 Å². The molecule has 0 saturated carbocycles. The molecule has 8 heteroatoms. The van der Waals surface area contributed by atoms with Gasteiger partial charge in [0.15, 0.2) is 5.11 Å². The van der Waals surface area contributed by atoms with Crippen molar-refractivity contribution in [1.29, 1.82) is 0 Å². The molecule has 0 aliphatic carbocycles. The lowest BCUT2D eigenvalue weighted by molar-refractivity contribution is -0.386. The molecule has 0 unspecified atom stereocenters. The Labute approximate surface area is 157 Å². The fourth-order valence-corrected chi connectivity index (χ4v) is 2.44. The lowest BCUT2D eigenvalue weighted by Crippen LogP contribution is -2.29. The summed E-state index contributed by atoms with van der Waals surface area (Å²) in [7, 11) is 0. The second kappa shape index (κ2) is 10.3. The van der Waals surface area contributed by atoms with E-state index in [9.17, 15) is 10.1 Å². The molecule has 0 fully saturated rings. The highest BCUT2D eigenvalue weighted by atomic mass is 32.1. The molecule has 2 aliphatic rings. The van der Waals surface area contributed by atoms with Crippen molar-refractivity contribution < 1.29 is 9.66 Å². The summed E-state index contributed by atoms with van der Waals surface area (Å²) in [5.41, 5.74) is 1.01. The first-order valence-electron chi connectivity index (χ1n) is 8.51. The molecular weight excluding hydrogens is 352 g/mol. The number of rotatable bonds is 7. The number of anilines is 1. The molecule has 3 heterocycles. The Hall–Kier alpha value is -2.74. The van der Waals surface area contributed by atoms with E-state index in [1.807, 2.05) is 12.1 Å². The Morgan fingerprint density at radius 3 is 2.50 bits per heavy atom. The molecule has 2 aromatic rings. The smallest absolute Gasteiger partial charge is 0.311 e. The van der Waals surface area contributed by atoms with Crippen LogP contribution in [-0.4, -0.2) is 21.6 Å². The van der Waals surface area contributed by atoms with Crippen molar-refractivity contribution in [3.63, 3.8) is 0 Å². The lowest BCUT2D eigenvalue weighted by Gasteiger charge is -2.14. The van der Waals surface area contributed by atoms with E-state index in [1.54, 1.807) is 24.5 Å². The van der Waals surface area contributed by atoms with Crippen LogP contribution in [0.3, 0.4) is 0 Å². The van der Waals surface area contributed by atoms with Gasteiger partial charge in [-0.2, -0.15) is 0 Å². The van der Waals surface area contributed by atoms with E-state index < -0.39 is 4.92 Å². The van der Waals surface area contributed by atoms with Gasteiger partial charge in [0.25, 0.3) is 0 Å². The molecule has 2 bridgehead atoms. The maximum atomic E-state index is 10.2. The average molecular weight is 374 g/mol. The quantitative estimate of drug-likeness (QED) is 0.269. The SMILES string of the molecule is CCCCCCNC(=S)Nc1ccncc1.O=[N+]([O-])c1ccc2cc1O2. The van der Waals surface area contributed by atoms with Crippen molar-refractivity contribution in [1.82, 2.24) is 10.3 Å². The second-order valence-corrected chi connectivity index (χ2v) is 6.07. The van der Waals surface area contributed by atoms with Crippen molar-refractivity contribution in [3.8, 4) is 11.5 Å². The highest BCUT2D eigenvalue weighted by Crippen LogP contribution is 2.42. The van der Waals surface area contributed by atoms with Gasteiger partial charge in [0.1, 0.15) is 5.75 Å². The molecule has 26 heavy (non-hydrogen) atoms. The summed E-state index contributed by atoms with van der Waals surface area (Å²) in [6, 6.07) is 8.44. The van der Waals surface area contributed by atoms with Gasteiger partial charge in [-0.15, -0.1) is 0 Å². The third-order valence-corrected chi connectivity index (χ3v) is 3.86. The monoisotopic (exact) mass is 374 g/mol. The number of unbranched alkanes of at least 4 members (excludes halogenated alkanes) is 3. The highest BCUT2D eigenvalue weighted by Gasteiger charge is 2.23. The number of nitrogens with one attached hydrogen (secondary N) is 2. The molecule has 0 atom stereocenters. The minimum atomic E-state index is -0.460. The number of hydrogen-bond acceptors (Lipinski definition) is 5. The van der Waals surface area contributed by atoms with E-state index in [2.05, 4.69) is 22.5 Å². The van der Waals surface area contributed by atoms with E-state index >= 15 is 0 Å². The van der Waals surface area contributed by atoms with Crippen molar-refractivity contribution in [2.45, 2.75) is 32.6 Å². The summed E-state index contributed by atoms with van der Waals surface area (Å²) in [6.45, 7) is 3.15. The van der Waals surface area contributed by atoms with Gasteiger partial charge in [0, 0.05) is 36.8 Å². The lowest BCUT2D eigenvalue weighted by atomic mass is 10.2. The van der Waals surface area contributed by atoms with E-state index in [1.165, 1.54) is 31.7 Å². The highest BCUT2D eigenvalue weighted by molar-refractivity contribution is 7.80. The maximum Gasteiger partial charge on any atom is 0.311 e. The van der Waals surface area contributed by atoms with Gasteiger partial charge in [-0.3, -0.25) is 15.1 Å². The molecular formula is C18H22N4O3S. The Balaban J connectivity index is 0.000000206. The van der Waals surface area contributed by atoms with Gasteiger partial charge in [-0.05, 0) is 36.8 Å². The van der Waals surface area contributed by atoms with E-state index in [0.717, 1.165) is 12.2 Å². The Bertz CT molecular complexity index is 737. The van der Waals surface area contributed by atoms with Crippen LogP contribution in [0.15, 0.2) is 42.7 Å². The second-order valence-electron chi connectivity index (χ2n) is 5.67. The van der Waals surface area contributed by atoms with Crippen LogP contribution in [0.5, 0.6) is 11.5 Å². The largest absolute Gasteiger partial charge is 0.450 e. The van der Waals surface area contributed by atoms with Crippen molar-refractivity contribution in [2.75, 3.05) is 11.9 Å². The molecule has 2 aliphatic heterocycles. The van der Waals surface area contributed by atoms with Crippen LogP contribution >= 0.6 is 12.2 Å². The number of thiocarbonyl (C=S) groups is 1. The summed E-state index contributed by atoms with van der Waals surface area (Å²) in [6.07, 6.45) is 8.48. The fraction of sp³-hybridized carbons (Fsp3) is 0.333. The minimum absolute atomic E-state index is 0.0370. The predicted molar refractivity (Wildman–Crippen MR) is 106 cm³/mol. The number of nitrogens with zero attached hydrogens (tertiary/aromatic N) is 2. The van der Waals surface area contributed by atoms with Crippen LogP contribution in [0.2, 0.25) is 0 Å². The number of fused-ring (bicyclic) bond motifs is 2. The summed E-state index contributed by atoms with van der Waals surface area (Å²) < 4.78 is 4.86. The molecule has 0 radical (unpaired) electrons. The third kappa shape index (κ3) is 6.29. The van der Waals surface area contributed by atoms with E-state index in [4.69, 9.17) is 17.0 Å². The number of nitro groups is 1. The molecule has 7 nitrogen and oxygen atoms in total. The van der Waals surface area contributed by atoms with E-state index in [-0.39, 0.29) is 5.69 Å². The molecule has 4 rings (SSSR count). The first-order valence-corrected chi connectivity index (χ1v) is 8.92. The van der Waals surface area contributed by atoms with Gasteiger partial charge in [-0.1, -0.05) is 26.2 Å². The Morgan fingerprint density at radius 1 is 1.23 bits per heavy atom. The maximum absolute atomic E-state index is 10.2. The van der Waals surface area contributed by atoms with E-state index in [0.29, 0.717) is 16.6 Å². The summed E-state index contributed by atoms with van der Waals surface area (Å²) in [5, 5.41) is 17.2.